The van der Waals surface area contributed by atoms with Gasteiger partial charge in [-0.05, 0) is 66.2 Å². The predicted octanol–water partition coefficient (Wildman–Crippen LogP) is 5.27. The van der Waals surface area contributed by atoms with E-state index in [4.69, 9.17) is 9.02 Å². The molecule has 10 heteroatoms. The first-order valence-corrected chi connectivity index (χ1v) is 14.3. The number of rotatable bonds is 6. The molecule has 0 N–H and O–H groups in total. The Bertz CT molecular complexity index is 1630. The van der Waals surface area contributed by atoms with E-state index >= 15 is 0 Å². The van der Waals surface area contributed by atoms with Gasteiger partial charge >= 0.3 is 10.1 Å². The van der Waals surface area contributed by atoms with E-state index in [0.29, 0.717) is 16.9 Å². The van der Waals surface area contributed by atoms with Crippen molar-refractivity contribution in [3.63, 3.8) is 0 Å². The second kappa shape index (κ2) is 9.96. The van der Waals surface area contributed by atoms with Crippen LogP contribution in [0.2, 0.25) is 0 Å². The molecule has 2 aliphatic heterocycles. The van der Waals surface area contributed by atoms with Crippen LogP contribution in [0.1, 0.15) is 11.6 Å². The van der Waals surface area contributed by atoms with E-state index in [1.54, 1.807) is 59.7 Å². The van der Waals surface area contributed by atoms with E-state index < -0.39 is 34.1 Å². The Kier molecular flexibility index (Phi) is 6.46. The molecule has 0 radical (unpaired) electrons. The van der Waals surface area contributed by atoms with Crippen molar-refractivity contribution < 1.29 is 27.0 Å². The summed E-state index contributed by atoms with van der Waals surface area (Å²) in [6, 6.07) is 29.8. The van der Waals surface area contributed by atoms with Crippen LogP contribution >= 0.6 is 15.9 Å². The first-order valence-electron chi connectivity index (χ1n) is 12.1. The summed E-state index contributed by atoms with van der Waals surface area (Å²) in [5.74, 6) is -1.51. The molecule has 8 nitrogen and oxygen atoms in total. The predicted molar refractivity (Wildman–Crippen MR) is 147 cm³/mol. The number of nitrogens with zero attached hydrogens (tertiary/aromatic N) is 2. The molecule has 3 atom stereocenters. The molecule has 2 amide bonds. The highest BCUT2D eigenvalue weighted by Gasteiger charge is 2.60. The summed E-state index contributed by atoms with van der Waals surface area (Å²) in [6.07, 6.45) is -1.01. The molecule has 2 heterocycles. The van der Waals surface area contributed by atoms with Crippen LogP contribution in [-0.2, 0) is 24.5 Å². The number of carbonyl (C=O) groups is 2. The fraction of sp³-hybridized carbons (Fsp3) is 0.103. The lowest BCUT2D eigenvalue weighted by Crippen LogP contribution is -2.37. The van der Waals surface area contributed by atoms with Crippen molar-refractivity contribution >= 4 is 49.2 Å². The van der Waals surface area contributed by atoms with Gasteiger partial charge in [0.1, 0.15) is 16.6 Å². The van der Waals surface area contributed by atoms with E-state index in [1.165, 1.54) is 29.2 Å². The molecule has 196 valence electrons. The maximum atomic E-state index is 13.7. The SMILES string of the molecule is O=C1[C@@H]2[C@@H](ON(c3ccccc3)[C@H]2c2ccc(OS(=O)(=O)c3ccccc3)cc2)C(=O)N1c1ccc(Br)cc1. The summed E-state index contributed by atoms with van der Waals surface area (Å²) in [7, 11) is -4.01. The number of hydroxylamine groups is 1. The van der Waals surface area contributed by atoms with Crippen molar-refractivity contribution in [2.45, 2.75) is 17.0 Å². The van der Waals surface area contributed by atoms with Crippen LogP contribution in [0.5, 0.6) is 5.75 Å². The minimum Gasteiger partial charge on any atom is -0.379 e. The van der Waals surface area contributed by atoms with Gasteiger partial charge in [0.25, 0.3) is 5.91 Å². The van der Waals surface area contributed by atoms with Gasteiger partial charge in [0.15, 0.2) is 6.10 Å². The van der Waals surface area contributed by atoms with Crippen LogP contribution in [0.25, 0.3) is 0 Å². The number of para-hydroxylation sites is 1. The van der Waals surface area contributed by atoms with Gasteiger partial charge in [-0.15, -0.1) is 0 Å². The molecule has 0 unspecified atom stereocenters. The highest BCUT2D eigenvalue weighted by atomic mass is 79.9. The zero-order chi connectivity index (χ0) is 27.1. The summed E-state index contributed by atoms with van der Waals surface area (Å²) >= 11 is 3.38. The van der Waals surface area contributed by atoms with E-state index in [1.807, 2.05) is 30.3 Å². The molecule has 2 saturated heterocycles. The van der Waals surface area contributed by atoms with Gasteiger partial charge < -0.3 is 4.18 Å². The molecule has 4 aromatic carbocycles. The van der Waals surface area contributed by atoms with Crippen LogP contribution in [-0.4, -0.2) is 26.3 Å². The van der Waals surface area contributed by atoms with Crippen LogP contribution in [0.3, 0.4) is 0 Å². The summed E-state index contributed by atoms with van der Waals surface area (Å²) in [5.41, 5.74) is 1.81. The van der Waals surface area contributed by atoms with Crippen LogP contribution in [0, 0.1) is 5.92 Å². The molecule has 0 aromatic heterocycles. The molecular weight excluding hydrogens is 584 g/mol. The molecule has 0 saturated carbocycles. The van der Waals surface area contributed by atoms with Crippen molar-refractivity contribution in [1.82, 2.24) is 0 Å². The molecule has 4 aromatic rings. The normalized spacial score (nSPS) is 20.8. The van der Waals surface area contributed by atoms with Gasteiger partial charge in [-0.25, -0.2) is 9.96 Å². The van der Waals surface area contributed by atoms with Gasteiger partial charge in [-0.1, -0.05) is 64.5 Å². The lowest BCUT2D eigenvalue weighted by Gasteiger charge is -2.28. The number of benzene rings is 4. The van der Waals surface area contributed by atoms with Crippen molar-refractivity contribution in [2.75, 3.05) is 9.96 Å². The van der Waals surface area contributed by atoms with Crippen LogP contribution in [0.15, 0.2) is 119 Å². The third kappa shape index (κ3) is 4.60. The number of anilines is 2. The van der Waals surface area contributed by atoms with Gasteiger partial charge in [-0.3, -0.25) is 14.4 Å². The van der Waals surface area contributed by atoms with Crippen molar-refractivity contribution in [1.29, 1.82) is 0 Å². The minimum absolute atomic E-state index is 0.0412. The lowest BCUT2D eigenvalue weighted by atomic mass is 9.90. The average molecular weight is 605 g/mol. The highest BCUT2D eigenvalue weighted by molar-refractivity contribution is 9.10. The van der Waals surface area contributed by atoms with E-state index in [0.717, 1.165) is 4.47 Å². The summed E-state index contributed by atoms with van der Waals surface area (Å²) in [4.78, 5) is 34.5. The fourth-order valence-electron chi connectivity index (χ4n) is 4.88. The Hall–Kier alpha value is -3.99. The zero-order valence-electron chi connectivity index (χ0n) is 20.3. The van der Waals surface area contributed by atoms with Gasteiger partial charge in [0.2, 0.25) is 5.91 Å². The molecule has 0 aliphatic carbocycles. The van der Waals surface area contributed by atoms with Crippen LogP contribution < -0.4 is 14.1 Å². The number of carbonyl (C=O) groups excluding carboxylic acids is 2. The number of halogens is 1. The Labute approximate surface area is 233 Å². The minimum atomic E-state index is -4.01. The molecular formula is C29H21BrN2O6S. The molecule has 6 rings (SSSR count). The summed E-state index contributed by atoms with van der Waals surface area (Å²) in [5, 5.41) is 1.58. The standard InChI is InChI=1S/C29H21BrN2O6S/c30-20-13-15-21(16-14-20)31-28(33)25-26(32(37-27(25)29(31)34)22-7-3-1-4-8-22)19-11-17-23(18-12-19)38-39(35,36)24-9-5-2-6-10-24/h1-18,25-27H/t25-,26-,27+/m0/s1. The Morgan fingerprint density at radius 2 is 1.33 bits per heavy atom. The number of fused-ring (bicyclic) bond motifs is 1. The number of hydrogen-bond donors (Lipinski definition) is 0. The van der Waals surface area contributed by atoms with Crippen molar-refractivity contribution in [2.24, 2.45) is 5.92 Å². The Morgan fingerprint density at radius 3 is 1.97 bits per heavy atom. The van der Waals surface area contributed by atoms with Gasteiger partial charge in [0, 0.05) is 4.47 Å². The zero-order valence-corrected chi connectivity index (χ0v) is 22.7. The number of amides is 2. The lowest BCUT2D eigenvalue weighted by molar-refractivity contribution is -0.126. The van der Waals surface area contributed by atoms with Crippen LogP contribution in [0.4, 0.5) is 11.4 Å². The molecule has 2 fully saturated rings. The Balaban J connectivity index is 1.34. The monoisotopic (exact) mass is 604 g/mol. The molecule has 0 bridgehead atoms. The molecule has 0 spiro atoms. The van der Waals surface area contributed by atoms with Crippen molar-refractivity contribution in [3.8, 4) is 5.75 Å². The topological polar surface area (TPSA) is 93.2 Å². The van der Waals surface area contributed by atoms with Gasteiger partial charge in [0.05, 0.1) is 17.4 Å². The maximum absolute atomic E-state index is 13.7. The maximum Gasteiger partial charge on any atom is 0.339 e. The quantitative estimate of drug-likeness (QED) is 0.219. The van der Waals surface area contributed by atoms with E-state index in [-0.39, 0.29) is 16.6 Å². The second-order valence-electron chi connectivity index (χ2n) is 9.07. The molecule has 2 aliphatic rings. The van der Waals surface area contributed by atoms with E-state index in [2.05, 4.69) is 15.9 Å². The third-order valence-corrected chi connectivity index (χ3v) is 8.46. The number of imide groups is 1. The average Bonchev–Trinajstić information content (AvgIpc) is 3.46. The number of hydrogen-bond acceptors (Lipinski definition) is 7. The fourth-order valence-corrected chi connectivity index (χ4v) is 6.09. The van der Waals surface area contributed by atoms with Crippen molar-refractivity contribution in [3.05, 3.63) is 119 Å². The summed E-state index contributed by atoms with van der Waals surface area (Å²) < 4.78 is 31.5. The summed E-state index contributed by atoms with van der Waals surface area (Å²) in [6.45, 7) is 0. The third-order valence-electron chi connectivity index (χ3n) is 6.67. The molecule has 39 heavy (non-hydrogen) atoms. The van der Waals surface area contributed by atoms with E-state index in [9.17, 15) is 18.0 Å². The largest absolute Gasteiger partial charge is 0.379 e. The smallest absolute Gasteiger partial charge is 0.339 e. The second-order valence-corrected chi connectivity index (χ2v) is 11.5. The van der Waals surface area contributed by atoms with Gasteiger partial charge in [-0.2, -0.15) is 8.42 Å². The highest BCUT2D eigenvalue weighted by Crippen LogP contribution is 2.47. The first-order chi connectivity index (χ1) is 18.8. The Morgan fingerprint density at radius 1 is 0.718 bits per heavy atom. The first kappa shape index (κ1) is 25.3.